The molecule has 146 valence electrons. The number of aliphatic imine (C=N–C) groups is 1. The number of benzene rings is 1. The van der Waals surface area contributed by atoms with Crippen molar-refractivity contribution in [3.05, 3.63) is 29.3 Å². The van der Waals surface area contributed by atoms with E-state index in [0.717, 1.165) is 11.3 Å². The Morgan fingerprint density at radius 1 is 1.19 bits per heavy atom. The van der Waals surface area contributed by atoms with Crippen LogP contribution in [0, 0.1) is 25.7 Å². The molecule has 1 atom stereocenters. The van der Waals surface area contributed by atoms with E-state index in [-0.39, 0.29) is 17.3 Å². The third kappa shape index (κ3) is 11.7. The van der Waals surface area contributed by atoms with E-state index in [9.17, 15) is 4.79 Å². The topological polar surface area (TPSA) is 63.0 Å². The van der Waals surface area contributed by atoms with Crippen LogP contribution in [-0.4, -0.2) is 30.2 Å². The molecule has 0 amide bonds. The molecule has 0 aliphatic rings. The van der Waals surface area contributed by atoms with Gasteiger partial charge in [-0.2, -0.15) is 5.10 Å². The summed E-state index contributed by atoms with van der Waals surface area (Å²) in [6, 6.07) is 6.21. The van der Waals surface area contributed by atoms with Crippen molar-refractivity contribution in [3.63, 3.8) is 0 Å². The van der Waals surface area contributed by atoms with Crippen LogP contribution in [0.2, 0.25) is 0 Å². The van der Waals surface area contributed by atoms with Gasteiger partial charge >= 0.3 is 5.97 Å². The number of nitrogens with zero attached hydrogens (tertiary/aromatic N) is 2. The third-order valence-corrected chi connectivity index (χ3v) is 3.92. The van der Waals surface area contributed by atoms with Crippen molar-refractivity contribution >= 4 is 36.0 Å². The van der Waals surface area contributed by atoms with Crippen LogP contribution in [-0.2, 0) is 9.53 Å². The largest absolute Gasteiger partial charge is 0.451 e. The Bertz CT molecular complexity index is 599. The molecule has 1 N–H and O–H groups in total. The second kappa shape index (κ2) is 13.4. The lowest BCUT2D eigenvalue weighted by atomic mass is 10.1. The Hall–Kier alpha value is -1.82. The van der Waals surface area contributed by atoms with Crippen LogP contribution in [0.4, 0.5) is 5.69 Å². The highest BCUT2D eigenvalue weighted by atomic mass is 32.2. The van der Waals surface area contributed by atoms with Gasteiger partial charge in [-0.15, -0.1) is 11.8 Å². The highest BCUT2D eigenvalue weighted by Crippen LogP contribution is 2.18. The number of thioether (sulfide) groups is 1. The summed E-state index contributed by atoms with van der Waals surface area (Å²) >= 11 is 1.53. The van der Waals surface area contributed by atoms with Crippen LogP contribution < -0.4 is 5.43 Å². The molecule has 0 bridgehead atoms. The molecule has 0 aliphatic carbocycles. The lowest BCUT2D eigenvalue weighted by molar-refractivity contribution is -0.148. The van der Waals surface area contributed by atoms with Gasteiger partial charge in [0.2, 0.25) is 0 Å². The molecule has 6 heteroatoms. The van der Waals surface area contributed by atoms with Crippen molar-refractivity contribution in [2.75, 3.05) is 6.26 Å². The number of carbonyl (C=O) groups excluding carboxylic acids is 1. The standard InChI is InChI=1S/C13H19N3.C7H14O2S/c1-10(2)8-15-16-9-14-13-7-11(3)5-6-12(13)4;1-5(2)7(8)9-6(3)10-4/h5-10H,1-4H3,(H,14,16);5-6H,1-4H3/b15-8+;. The fourth-order valence-electron chi connectivity index (χ4n) is 1.53. The highest BCUT2D eigenvalue weighted by Gasteiger charge is 2.11. The molecular formula is C20H33N3O2S. The van der Waals surface area contributed by atoms with E-state index in [0.29, 0.717) is 5.92 Å². The van der Waals surface area contributed by atoms with Gasteiger partial charge in [0.1, 0.15) is 11.8 Å². The first kappa shape index (κ1) is 24.2. The monoisotopic (exact) mass is 379 g/mol. The summed E-state index contributed by atoms with van der Waals surface area (Å²) < 4.78 is 4.98. The molecular weight excluding hydrogens is 346 g/mol. The van der Waals surface area contributed by atoms with Crippen LogP contribution >= 0.6 is 11.8 Å². The van der Waals surface area contributed by atoms with Gasteiger partial charge in [0.25, 0.3) is 0 Å². The SMILES string of the molecule is CSC(C)OC(=O)C(C)C.Cc1ccc(C)c(N=CN/N=C/C(C)C)c1. The highest BCUT2D eigenvalue weighted by molar-refractivity contribution is 7.99. The molecule has 0 aliphatic heterocycles. The molecule has 0 radical (unpaired) electrons. The van der Waals surface area contributed by atoms with Gasteiger partial charge in [0.05, 0.1) is 11.6 Å². The normalized spacial score (nSPS) is 12.4. The van der Waals surface area contributed by atoms with Crippen molar-refractivity contribution < 1.29 is 9.53 Å². The van der Waals surface area contributed by atoms with Crippen molar-refractivity contribution in [1.29, 1.82) is 0 Å². The molecule has 0 saturated heterocycles. The zero-order valence-electron chi connectivity index (χ0n) is 17.2. The number of hydrogen-bond donors (Lipinski definition) is 1. The molecule has 0 heterocycles. The Balaban J connectivity index is 0.000000541. The van der Waals surface area contributed by atoms with Crippen molar-refractivity contribution in [3.8, 4) is 0 Å². The average molecular weight is 380 g/mol. The van der Waals surface area contributed by atoms with Crippen molar-refractivity contribution in [2.24, 2.45) is 21.9 Å². The quantitative estimate of drug-likeness (QED) is 0.236. The number of aryl methyl sites for hydroxylation is 2. The van der Waals surface area contributed by atoms with Gasteiger partial charge in [-0.1, -0.05) is 39.8 Å². The predicted molar refractivity (Wildman–Crippen MR) is 114 cm³/mol. The minimum atomic E-state index is -0.123. The maximum atomic E-state index is 10.9. The summed E-state index contributed by atoms with van der Waals surface area (Å²) in [5, 5.41) is 4.01. The lowest BCUT2D eigenvalue weighted by Gasteiger charge is -2.11. The molecule has 0 spiro atoms. The first-order valence-corrected chi connectivity index (χ1v) is 10.1. The van der Waals surface area contributed by atoms with E-state index in [1.807, 2.05) is 40.2 Å². The van der Waals surface area contributed by atoms with Gasteiger partial charge in [-0.25, -0.2) is 4.99 Å². The van der Waals surface area contributed by atoms with E-state index in [1.165, 1.54) is 17.3 Å². The summed E-state index contributed by atoms with van der Waals surface area (Å²) in [5.41, 5.74) is 6.12. The Kier molecular flexibility index (Phi) is 12.5. The molecule has 1 unspecified atom stereocenters. The maximum Gasteiger partial charge on any atom is 0.309 e. The number of esters is 1. The number of hydrogen-bond acceptors (Lipinski definition) is 5. The average Bonchev–Trinajstić information content (AvgIpc) is 2.57. The minimum Gasteiger partial charge on any atom is -0.451 e. The second-order valence-corrected chi connectivity index (χ2v) is 7.73. The van der Waals surface area contributed by atoms with E-state index >= 15 is 0 Å². The number of ether oxygens (including phenoxy) is 1. The Morgan fingerprint density at radius 3 is 2.38 bits per heavy atom. The van der Waals surface area contributed by atoms with Crippen LogP contribution in [0.1, 0.15) is 45.7 Å². The lowest BCUT2D eigenvalue weighted by Crippen LogP contribution is -2.16. The smallest absolute Gasteiger partial charge is 0.309 e. The van der Waals surface area contributed by atoms with E-state index < -0.39 is 0 Å². The summed E-state index contributed by atoms with van der Waals surface area (Å²) in [6.45, 7) is 13.8. The summed E-state index contributed by atoms with van der Waals surface area (Å²) in [7, 11) is 0. The first-order chi connectivity index (χ1) is 12.2. The van der Waals surface area contributed by atoms with Gasteiger partial charge < -0.3 is 4.74 Å². The fourth-order valence-corrected chi connectivity index (χ4v) is 1.72. The summed E-state index contributed by atoms with van der Waals surface area (Å²) in [4.78, 5) is 15.2. The zero-order chi connectivity index (χ0) is 20.1. The van der Waals surface area contributed by atoms with E-state index in [2.05, 4.69) is 54.5 Å². The van der Waals surface area contributed by atoms with E-state index in [4.69, 9.17) is 4.74 Å². The maximum absolute atomic E-state index is 10.9. The van der Waals surface area contributed by atoms with Gasteiger partial charge in [0, 0.05) is 6.21 Å². The minimum absolute atomic E-state index is 0.0186. The third-order valence-electron chi connectivity index (χ3n) is 3.16. The van der Waals surface area contributed by atoms with Crippen LogP contribution in [0.15, 0.2) is 28.3 Å². The zero-order valence-corrected chi connectivity index (χ0v) is 18.1. The second-order valence-electron chi connectivity index (χ2n) is 6.59. The number of hydrazone groups is 1. The predicted octanol–water partition coefficient (Wildman–Crippen LogP) is 5.09. The molecule has 0 fully saturated rings. The van der Waals surface area contributed by atoms with Gasteiger partial charge in [0.15, 0.2) is 0 Å². The molecule has 5 nitrogen and oxygen atoms in total. The van der Waals surface area contributed by atoms with E-state index in [1.54, 1.807) is 6.34 Å². The summed E-state index contributed by atoms with van der Waals surface area (Å²) in [6.07, 6.45) is 5.37. The van der Waals surface area contributed by atoms with Gasteiger partial charge in [-0.05, 0) is 50.1 Å². The van der Waals surface area contributed by atoms with Crippen LogP contribution in [0.3, 0.4) is 0 Å². The molecule has 0 aromatic heterocycles. The molecule has 1 aromatic rings. The molecule has 0 saturated carbocycles. The Labute approximate surface area is 162 Å². The molecule has 1 rings (SSSR count). The van der Waals surface area contributed by atoms with Crippen LogP contribution in [0.25, 0.3) is 0 Å². The molecule has 1 aromatic carbocycles. The van der Waals surface area contributed by atoms with Crippen molar-refractivity contribution in [1.82, 2.24) is 5.43 Å². The van der Waals surface area contributed by atoms with Gasteiger partial charge in [-0.3, -0.25) is 10.2 Å². The number of rotatable bonds is 7. The number of carbonyl (C=O) groups is 1. The van der Waals surface area contributed by atoms with Crippen molar-refractivity contribution in [2.45, 2.75) is 53.9 Å². The fraction of sp³-hybridized carbons (Fsp3) is 0.550. The molecule has 26 heavy (non-hydrogen) atoms. The number of nitrogens with one attached hydrogen (secondary N) is 1. The Morgan fingerprint density at radius 2 is 1.85 bits per heavy atom. The summed E-state index contributed by atoms with van der Waals surface area (Å²) in [5.74, 6) is 0.304. The first-order valence-electron chi connectivity index (χ1n) is 8.79. The van der Waals surface area contributed by atoms with Crippen LogP contribution in [0.5, 0.6) is 0 Å².